The highest BCUT2D eigenvalue weighted by Gasteiger charge is 2.28. The zero-order valence-corrected chi connectivity index (χ0v) is 16.3. The molecule has 0 saturated carbocycles. The first kappa shape index (κ1) is 18.4. The molecule has 1 fully saturated rings. The van der Waals surface area contributed by atoms with Gasteiger partial charge in [0.25, 0.3) is 0 Å². The quantitative estimate of drug-likeness (QED) is 0.704. The molecule has 8 nitrogen and oxygen atoms in total. The van der Waals surface area contributed by atoms with Crippen LogP contribution in [0.1, 0.15) is 43.2 Å². The minimum atomic E-state index is 0.0534. The van der Waals surface area contributed by atoms with Crippen LogP contribution in [-0.2, 0) is 7.05 Å². The Labute approximate surface area is 164 Å². The lowest BCUT2D eigenvalue weighted by molar-refractivity contribution is 0.150. The van der Waals surface area contributed by atoms with Crippen molar-refractivity contribution in [3.8, 4) is 0 Å². The Hall–Kier alpha value is -3.00. The van der Waals surface area contributed by atoms with Crippen LogP contribution in [0.25, 0.3) is 0 Å². The maximum atomic E-state index is 5.97. The molecule has 146 valence electrons. The van der Waals surface area contributed by atoms with Crippen LogP contribution in [0.5, 0.6) is 0 Å². The zero-order chi connectivity index (χ0) is 19.5. The van der Waals surface area contributed by atoms with Gasteiger partial charge < -0.3 is 11.1 Å². The fraction of sp³-hybridized carbons (Fsp3) is 0.400. The van der Waals surface area contributed by atoms with Gasteiger partial charge in [-0.3, -0.25) is 9.58 Å². The van der Waals surface area contributed by atoms with Crippen LogP contribution in [0.4, 0.5) is 17.6 Å². The van der Waals surface area contributed by atoms with Crippen LogP contribution < -0.4 is 11.1 Å². The molecule has 28 heavy (non-hydrogen) atoms. The standard InChI is InChI=1S/C20H26N8/c1-14(28-12-6-7-15(13-28)17-10-11-22-27(17)2)18-24-19(21)26-20(25-18)23-16-8-4-3-5-9-16/h3-5,8-11,14-15H,6-7,12-13H2,1-2H3,(H3,21,23,24,25,26)/t14-,15+/m0/s1. The first-order chi connectivity index (χ1) is 13.6. The van der Waals surface area contributed by atoms with Crippen molar-refractivity contribution in [1.82, 2.24) is 29.6 Å². The number of rotatable bonds is 5. The number of nitrogen functional groups attached to an aromatic ring is 1. The highest BCUT2D eigenvalue weighted by atomic mass is 15.3. The highest BCUT2D eigenvalue weighted by molar-refractivity contribution is 5.53. The molecule has 2 atom stereocenters. The summed E-state index contributed by atoms with van der Waals surface area (Å²) < 4.78 is 1.97. The minimum Gasteiger partial charge on any atom is -0.368 e. The van der Waals surface area contributed by atoms with Crippen LogP contribution >= 0.6 is 0 Å². The molecule has 1 saturated heterocycles. The van der Waals surface area contributed by atoms with Gasteiger partial charge in [-0.1, -0.05) is 18.2 Å². The lowest BCUT2D eigenvalue weighted by Gasteiger charge is -2.36. The molecular formula is C20H26N8. The van der Waals surface area contributed by atoms with Crippen LogP contribution in [0, 0.1) is 0 Å². The van der Waals surface area contributed by atoms with E-state index in [0.29, 0.717) is 17.7 Å². The summed E-state index contributed by atoms with van der Waals surface area (Å²) in [4.78, 5) is 15.7. The number of benzene rings is 1. The van der Waals surface area contributed by atoms with E-state index in [1.165, 1.54) is 12.1 Å². The summed E-state index contributed by atoms with van der Waals surface area (Å²) in [6.07, 6.45) is 4.17. The van der Waals surface area contributed by atoms with E-state index in [9.17, 15) is 0 Å². The third kappa shape index (κ3) is 3.96. The van der Waals surface area contributed by atoms with Gasteiger partial charge in [0.1, 0.15) is 0 Å². The Kier molecular flexibility index (Phi) is 5.21. The van der Waals surface area contributed by atoms with Gasteiger partial charge >= 0.3 is 0 Å². The Balaban J connectivity index is 1.52. The first-order valence-electron chi connectivity index (χ1n) is 9.65. The number of hydrogen-bond acceptors (Lipinski definition) is 7. The van der Waals surface area contributed by atoms with Crippen molar-refractivity contribution >= 4 is 17.6 Å². The van der Waals surface area contributed by atoms with Crippen molar-refractivity contribution in [3.63, 3.8) is 0 Å². The minimum absolute atomic E-state index is 0.0534. The van der Waals surface area contributed by atoms with Gasteiger partial charge in [0.15, 0.2) is 5.82 Å². The van der Waals surface area contributed by atoms with Crippen LogP contribution in [0.3, 0.4) is 0 Å². The van der Waals surface area contributed by atoms with E-state index >= 15 is 0 Å². The summed E-state index contributed by atoms with van der Waals surface area (Å²) in [7, 11) is 2.01. The molecule has 3 heterocycles. The summed E-state index contributed by atoms with van der Waals surface area (Å²) in [6.45, 7) is 4.10. The molecule has 0 unspecified atom stereocenters. The number of aryl methyl sites for hydroxylation is 1. The van der Waals surface area contributed by atoms with Gasteiger partial charge in [-0.2, -0.15) is 20.1 Å². The van der Waals surface area contributed by atoms with Crippen molar-refractivity contribution in [1.29, 1.82) is 0 Å². The molecule has 2 aromatic heterocycles. The lowest BCUT2D eigenvalue weighted by atomic mass is 9.93. The average Bonchev–Trinajstić information content (AvgIpc) is 3.14. The first-order valence-corrected chi connectivity index (χ1v) is 9.65. The largest absolute Gasteiger partial charge is 0.368 e. The SMILES string of the molecule is C[C@@H](c1nc(N)nc(Nc2ccccc2)n1)N1CCC[C@@H](c2ccnn2C)C1. The third-order valence-corrected chi connectivity index (χ3v) is 5.35. The highest BCUT2D eigenvalue weighted by Crippen LogP contribution is 2.31. The van der Waals surface area contributed by atoms with E-state index in [2.05, 4.69) is 43.3 Å². The Morgan fingerprint density at radius 1 is 1.14 bits per heavy atom. The van der Waals surface area contributed by atoms with Gasteiger partial charge in [0.2, 0.25) is 11.9 Å². The number of para-hydroxylation sites is 1. The van der Waals surface area contributed by atoms with Crippen LogP contribution in [-0.4, -0.2) is 42.7 Å². The second kappa shape index (κ2) is 7.93. The molecule has 1 aliphatic rings. The monoisotopic (exact) mass is 378 g/mol. The van der Waals surface area contributed by atoms with E-state index in [1.54, 1.807) is 0 Å². The summed E-state index contributed by atoms with van der Waals surface area (Å²) in [6, 6.07) is 12.0. The van der Waals surface area contributed by atoms with Gasteiger partial charge in [-0.25, -0.2) is 0 Å². The van der Waals surface area contributed by atoms with E-state index < -0.39 is 0 Å². The van der Waals surface area contributed by atoms with Crippen molar-refractivity contribution < 1.29 is 0 Å². The van der Waals surface area contributed by atoms with Crippen molar-refractivity contribution in [2.75, 3.05) is 24.1 Å². The second-order valence-electron chi connectivity index (χ2n) is 7.26. The zero-order valence-electron chi connectivity index (χ0n) is 16.3. The number of aromatic nitrogens is 5. The second-order valence-corrected chi connectivity index (χ2v) is 7.26. The van der Waals surface area contributed by atoms with Crippen molar-refractivity contribution in [3.05, 3.63) is 54.1 Å². The van der Waals surface area contributed by atoms with Crippen LogP contribution in [0.2, 0.25) is 0 Å². The van der Waals surface area contributed by atoms with Crippen LogP contribution in [0.15, 0.2) is 42.6 Å². The molecule has 0 aliphatic carbocycles. The number of hydrogen-bond donors (Lipinski definition) is 2. The molecule has 0 spiro atoms. The predicted octanol–water partition coefficient (Wildman–Crippen LogP) is 2.87. The fourth-order valence-electron chi connectivity index (χ4n) is 3.85. The molecule has 3 N–H and O–H groups in total. The van der Waals surface area contributed by atoms with E-state index in [1.807, 2.05) is 48.3 Å². The predicted molar refractivity (Wildman–Crippen MR) is 109 cm³/mol. The van der Waals surface area contributed by atoms with E-state index in [0.717, 1.165) is 25.2 Å². The lowest BCUT2D eigenvalue weighted by Crippen LogP contribution is -2.37. The summed E-state index contributed by atoms with van der Waals surface area (Å²) in [5, 5.41) is 7.53. The van der Waals surface area contributed by atoms with Gasteiger partial charge in [-0.05, 0) is 44.5 Å². The average molecular weight is 378 g/mol. The van der Waals surface area contributed by atoms with Gasteiger partial charge in [-0.15, -0.1) is 0 Å². The number of anilines is 3. The number of nitrogens with two attached hydrogens (primary N) is 1. The molecule has 0 amide bonds. The maximum Gasteiger partial charge on any atom is 0.232 e. The Morgan fingerprint density at radius 3 is 2.71 bits per heavy atom. The van der Waals surface area contributed by atoms with Gasteiger partial charge in [0, 0.05) is 37.1 Å². The third-order valence-electron chi connectivity index (χ3n) is 5.35. The molecule has 1 aromatic carbocycles. The number of likely N-dealkylation sites (tertiary alicyclic amines) is 1. The smallest absolute Gasteiger partial charge is 0.232 e. The summed E-state index contributed by atoms with van der Waals surface area (Å²) in [5.74, 6) is 1.86. The van der Waals surface area contributed by atoms with Gasteiger partial charge in [0.05, 0.1) is 6.04 Å². The molecule has 8 heteroatoms. The maximum absolute atomic E-state index is 5.97. The normalized spacial score (nSPS) is 18.7. The topological polar surface area (TPSA) is 97.8 Å². The molecule has 4 rings (SSSR count). The van der Waals surface area contributed by atoms with E-state index in [-0.39, 0.29) is 12.0 Å². The summed E-state index contributed by atoms with van der Waals surface area (Å²) in [5.41, 5.74) is 8.17. The van der Waals surface area contributed by atoms with Crippen molar-refractivity contribution in [2.24, 2.45) is 7.05 Å². The summed E-state index contributed by atoms with van der Waals surface area (Å²) >= 11 is 0. The molecule has 1 aliphatic heterocycles. The molecule has 0 radical (unpaired) electrons. The number of nitrogens with zero attached hydrogens (tertiary/aromatic N) is 6. The number of piperidine rings is 1. The van der Waals surface area contributed by atoms with Crippen molar-refractivity contribution in [2.45, 2.75) is 31.7 Å². The molecular weight excluding hydrogens is 352 g/mol. The van der Waals surface area contributed by atoms with E-state index in [4.69, 9.17) is 5.73 Å². The fourth-order valence-corrected chi connectivity index (χ4v) is 3.85. The number of nitrogens with one attached hydrogen (secondary N) is 1. The Morgan fingerprint density at radius 2 is 1.96 bits per heavy atom. The Bertz CT molecular complexity index is 923. The molecule has 3 aromatic rings. The molecule has 0 bridgehead atoms.